The first-order valence-electron chi connectivity index (χ1n) is 7.46. The first kappa shape index (κ1) is 14.9. The van der Waals surface area contributed by atoms with Crippen molar-refractivity contribution in [3.8, 4) is 0 Å². The van der Waals surface area contributed by atoms with E-state index in [9.17, 15) is 0 Å². The third-order valence-corrected chi connectivity index (χ3v) is 4.00. The van der Waals surface area contributed by atoms with Crippen molar-refractivity contribution < 1.29 is 4.74 Å². The lowest BCUT2D eigenvalue weighted by Gasteiger charge is -2.19. The molecule has 1 fully saturated rings. The minimum atomic E-state index is 0.115. The van der Waals surface area contributed by atoms with Crippen LogP contribution in [-0.2, 0) is 4.74 Å². The van der Waals surface area contributed by atoms with Crippen LogP contribution < -0.4 is 16.0 Å². The van der Waals surface area contributed by atoms with Crippen LogP contribution in [0.5, 0.6) is 0 Å². The van der Waals surface area contributed by atoms with Crippen LogP contribution in [0, 0.1) is 13.8 Å². The maximum Gasteiger partial charge on any atom is 0.227 e. The van der Waals surface area contributed by atoms with E-state index >= 15 is 0 Å². The van der Waals surface area contributed by atoms with Gasteiger partial charge in [-0.3, -0.25) is 0 Å². The van der Waals surface area contributed by atoms with Crippen LogP contribution in [0.4, 0.5) is 11.8 Å². The topological polar surface area (TPSA) is 84.0 Å². The molecule has 3 rings (SSSR count). The van der Waals surface area contributed by atoms with Crippen LogP contribution in [0.3, 0.4) is 0 Å². The zero-order chi connectivity index (χ0) is 15.7. The number of hydrogen-bond donors (Lipinski definition) is 3. The van der Waals surface area contributed by atoms with Crippen LogP contribution in [0.2, 0.25) is 0 Å². The number of ether oxygens (including phenoxy) is 1. The molecule has 0 unspecified atom stereocenters. The standard InChI is InChI=1S/C15H22N6O/c1-8-5-9(2)18-14-12(8)13(16-3)20-15(21-14)19-10-6-17-7-11(10)22-4/h5,10-11,17H,6-7H2,1-4H3,(H2,16,18,19,20,21)/t10-,11-/m0/s1. The quantitative estimate of drug-likeness (QED) is 0.779. The highest BCUT2D eigenvalue weighted by Crippen LogP contribution is 2.25. The Kier molecular flexibility index (Phi) is 4.08. The molecule has 2 aromatic heterocycles. The Labute approximate surface area is 129 Å². The second-order valence-electron chi connectivity index (χ2n) is 5.61. The minimum absolute atomic E-state index is 0.115. The fourth-order valence-corrected chi connectivity index (χ4v) is 2.94. The number of fused-ring (bicyclic) bond motifs is 1. The monoisotopic (exact) mass is 302 g/mol. The summed E-state index contributed by atoms with van der Waals surface area (Å²) in [5, 5.41) is 10.8. The molecule has 3 N–H and O–H groups in total. The fraction of sp³-hybridized carbons (Fsp3) is 0.533. The van der Waals surface area contributed by atoms with Gasteiger partial charge in [-0.15, -0.1) is 0 Å². The number of aryl methyl sites for hydroxylation is 2. The Hall–Kier alpha value is -1.99. The Balaban J connectivity index is 2.00. The predicted molar refractivity (Wildman–Crippen MR) is 87.4 cm³/mol. The number of methoxy groups -OCH3 is 1. The average molecular weight is 302 g/mol. The van der Waals surface area contributed by atoms with Crippen LogP contribution in [0.1, 0.15) is 11.3 Å². The molecule has 1 aliphatic rings. The molecule has 22 heavy (non-hydrogen) atoms. The molecule has 0 aliphatic carbocycles. The van der Waals surface area contributed by atoms with Gasteiger partial charge in [-0.2, -0.15) is 9.97 Å². The normalized spacial score (nSPS) is 21.3. The minimum Gasteiger partial charge on any atom is -0.378 e. The maximum absolute atomic E-state index is 5.47. The van der Waals surface area contributed by atoms with Crippen molar-refractivity contribution in [1.29, 1.82) is 0 Å². The van der Waals surface area contributed by atoms with Gasteiger partial charge in [0, 0.05) is 32.9 Å². The molecular weight excluding hydrogens is 280 g/mol. The van der Waals surface area contributed by atoms with Gasteiger partial charge in [0.15, 0.2) is 5.65 Å². The molecule has 0 bridgehead atoms. The molecular formula is C15H22N6O. The summed E-state index contributed by atoms with van der Waals surface area (Å²) in [5.41, 5.74) is 2.78. The Morgan fingerprint density at radius 2 is 2.05 bits per heavy atom. The van der Waals surface area contributed by atoms with Crippen LogP contribution in [-0.4, -0.2) is 54.3 Å². The molecule has 0 spiro atoms. The number of rotatable bonds is 4. The fourth-order valence-electron chi connectivity index (χ4n) is 2.94. The zero-order valence-electron chi connectivity index (χ0n) is 13.4. The van der Waals surface area contributed by atoms with E-state index in [1.54, 1.807) is 7.11 Å². The Morgan fingerprint density at radius 3 is 2.77 bits per heavy atom. The van der Waals surface area contributed by atoms with Gasteiger partial charge in [0.05, 0.1) is 17.5 Å². The molecule has 0 amide bonds. The van der Waals surface area contributed by atoms with E-state index < -0.39 is 0 Å². The summed E-state index contributed by atoms with van der Waals surface area (Å²) in [6.07, 6.45) is 0.115. The number of nitrogens with zero attached hydrogens (tertiary/aromatic N) is 3. The Morgan fingerprint density at radius 1 is 1.23 bits per heavy atom. The Bertz CT molecular complexity index is 689. The van der Waals surface area contributed by atoms with E-state index in [1.165, 1.54) is 0 Å². The van der Waals surface area contributed by atoms with E-state index in [0.717, 1.165) is 35.6 Å². The van der Waals surface area contributed by atoms with Crippen molar-refractivity contribution in [2.24, 2.45) is 0 Å². The summed E-state index contributed by atoms with van der Waals surface area (Å²) < 4.78 is 5.47. The van der Waals surface area contributed by atoms with Crippen molar-refractivity contribution >= 4 is 22.8 Å². The molecule has 0 saturated carbocycles. The zero-order valence-corrected chi connectivity index (χ0v) is 13.4. The highest BCUT2D eigenvalue weighted by atomic mass is 16.5. The van der Waals surface area contributed by atoms with Crippen molar-refractivity contribution in [3.63, 3.8) is 0 Å². The summed E-state index contributed by atoms with van der Waals surface area (Å²) in [6, 6.07) is 2.19. The summed E-state index contributed by atoms with van der Waals surface area (Å²) in [5.74, 6) is 1.36. The van der Waals surface area contributed by atoms with Crippen molar-refractivity contribution in [2.45, 2.75) is 26.0 Å². The molecule has 2 aromatic rings. The third-order valence-electron chi connectivity index (χ3n) is 4.00. The lowest BCUT2D eigenvalue weighted by atomic mass is 10.1. The summed E-state index contributed by atoms with van der Waals surface area (Å²) in [7, 11) is 3.58. The van der Waals surface area contributed by atoms with Gasteiger partial charge in [0.25, 0.3) is 0 Å². The number of aromatic nitrogens is 3. The third kappa shape index (κ3) is 2.69. The van der Waals surface area contributed by atoms with Crippen molar-refractivity contribution in [3.05, 3.63) is 17.3 Å². The van der Waals surface area contributed by atoms with Crippen molar-refractivity contribution in [1.82, 2.24) is 20.3 Å². The van der Waals surface area contributed by atoms with Crippen LogP contribution in [0.25, 0.3) is 11.0 Å². The van der Waals surface area contributed by atoms with Gasteiger partial charge >= 0.3 is 0 Å². The maximum atomic E-state index is 5.47. The van der Waals surface area contributed by atoms with Gasteiger partial charge in [-0.1, -0.05) is 0 Å². The summed E-state index contributed by atoms with van der Waals surface area (Å²) in [4.78, 5) is 13.7. The first-order chi connectivity index (χ1) is 10.6. The van der Waals surface area contributed by atoms with Gasteiger partial charge < -0.3 is 20.7 Å². The van der Waals surface area contributed by atoms with E-state index in [1.807, 2.05) is 20.0 Å². The average Bonchev–Trinajstić information content (AvgIpc) is 2.92. The SMILES string of the molecule is CNc1nc(N[C@H]2CNC[C@@H]2OC)nc2nc(C)cc(C)c12. The first-order valence-corrected chi connectivity index (χ1v) is 7.46. The second kappa shape index (κ2) is 6.02. The number of hydrogen-bond acceptors (Lipinski definition) is 7. The summed E-state index contributed by atoms with van der Waals surface area (Å²) >= 11 is 0. The number of nitrogens with one attached hydrogen (secondary N) is 3. The smallest absolute Gasteiger partial charge is 0.227 e. The van der Waals surface area contributed by atoms with E-state index in [4.69, 9.17) is 4.74 Å². The molecule has 7 nitrogen and oxygen atoms in total. The highest BCUT2D eigenvalue weighted by Gasteiger charge is 2.27. The van der Waals surface area contributed by atoms with Crippen LogP contribution >= 0.6 is 0 Å². The molecule has 1 aliphatic heterocycles. The lowest BCUT2D eigenvalue weighted by Crippen LogP contribution is -2.34. The van der Waals surface area contributed by atoms with Gasteiger partial charge in [0.1, 0.15) is 5.82 Å². The molecule has 0 radical (unpaired) electrons. The second-order valence-corrected chi connectivity index (χ2v) is 5.61. The van der Waals surface area contributed by atoms with Gasteiger partial charge in [0.2, 0.25) is 5.95 Å². The van der Waals surface area contributed by atoms with Crippen molar-refractivity contribution in [2.75, 3.05) is 37.9 Å². The molecule has 7 heteroatoms. The number of anilines is 2. The van der Waals surface area contributed by atoms with Crippen LogP contribution in [0.15, 0.2) is 6.07 Å². The molecule has 118 valence electrons. The predicted octanol–water partition coefficient (Wildman–Crippen LogP) is 1.08. The van der Waals surface area contributed by atoms with Gasteiger partial charge in [-0.25, -0.2) is 4.98 Å². The molecule has 3 heterocycles. The highest BCUT2D eigenvalue weighted by molar-refractivity contribution is 5.90. The number of pyridine rings is 1. The molecule has 1 saturated heterocycles. The van der Waals surface area contributed by atoms with E-state index in [-0.39, 0.29) is 12.1 Å². The van der Waals surface area contributed by atoms with Gasteiger partial charge in [-0.05, 0) is 25.5 Å². The largest absolute Gasteiger partial charge is 0.378 e. The lowest BCUT2D eigenvalue weighted by molar-refractivity contribution is 0.111. The van der Waals surface area contributed by atoms with E-state index in [2.05, 4.69) is 37.8 Å². The van der Waals surface area contributed by atoms with E-state index in [0.29, 0.717) is 11.6 Å². The molecule has 0 aromatic carbocycles. The molecule has 2 atom stereocenters. The summed E-state index contributed by atoms with van der Waals surface area (Å²) in [6.45, 7) is 5.69.